The van der Waals surface area contributed by atoms with Crippen molar-refractivity contribution in [2.24, 2.45) is 0 Å². The number of aliphatic hydroxyl groups excluding tert-OH is 1. The molecule has 0 fully saturated rings. The highest BCUT2D eigenvalue weighted by Crippen LogP contribution is 1.98. The van der Waals surface area contributed by atoms with E-state index in [1.807, 2.05) is 0 Å². The molecule has 122 valence electrons. The van der Waals surface area contributed by atoms with Gasteiger partial charge in [0.15, 0.2) is 0 Å². The largest absolute Gasteiger partial charge is 0.388 e. The predicted octanol–water partition coefficient (Wildman–Crippen LogP) is -0.297. The molecular formula is C13H28O7. The van der Waals surface area contributed by atoms with Gasteiger partial charge in [0.05, 0.1) is 39.6 Å². The first-order chi connectivity index (χ1) is 9.67. The van der Waals surface area contributed by atoms with Crippen molar-refractivity contribution in [2.45, 2.75) is 18.3 Å². The van der Waals surface area contributed by atoms with Crippen LogP contribution in [0, 0.1) is 0 Å². The topological polar surface area (TPSA) is 75.6 Å². The zero-order chi connectivity index (χ0) is 15.2. The van der Waals surface area contributed by atoms with Crippen molar-refractivity contribution in [3.05, 3.63) is 0 Å². The van der Waals surface area contributed by atoms with Crippen LogP contribution in [-0.2, 0) is 28.4 Å². The first kappa shape index (κ1) is 19.7. The molecule has 0 saturated carbocycles. The number of hydrogen-bond acceptors (Lipinski definition) is 7. The van der Waals surface area contributed by atoms with Gasteiger partial charge in [-0.25, -0.2) is 0 Å². The summed E-state index contributed by atoms with van der Waals surface area (Å²) in [6, 6.07) is 0. The molecule has 0 bridgehead atoms. The molecule has 3 unspecified atom stereocenters. The maximum absolute atomic E-state index is 9.42. The third-order valence-corrected chi connectivity index (χ3v) is 2.60. The lowest BCUT2D eigenvalue weighted by Gasteiger charge is -2.19. The number of rotatable bonds is 14. The fourth-order valence-electron chi connectivity index (χ4n) is 1.46. The molecule has 0 radical (unpaired) electrons. The Morgan fingerprint density at radius 2 is 1.10 bits per heavy atom. The Balaban J connectivity index is 3.70. The number of hydrogen-bond donors (Lipinski definition) is 1. The maximum atomic E-state index is 9.42. The fraction of sp³-hybridized carbons (Fsp3) is 1.00. The van der Waals surface area contributed by atoms with Gasteiger partial charge in [-0.3, -0.25) is 0 Å². The average molecular weight is 296 g/mol. The SMILES string of the molecule is COCC(O)COCC(COCC(COC)OC)OC. The molecule has 0 aromatic carbocycles. The molecule has 7 heteroatoms. The van der Waals surface area contributed by atoms with Gasteiger partial charge in [-0.05, 0) is 0 Å². The maximum Gasteiger partial charge on any atom is 0.104 e. The van der Waals surface area contributed by atoms with Crippen LogP contribution in [0.1, 0.15) is 0 Å². The van der Waals surface area contributed by atoms with Crippen LogP contribution in [-0.4, -0.2) is 91.5 Å². The summed E-state index contributed by atoms with van der Waals surface area (Å²) in [6.07, 6.45) is -0.912. The third-order valence-electron chi connectivity index (χ3n) is 2.60. The molecule has 0 aromatic heterocycles. The van der Waals surface area contributed by atoms with Crippen molar-refractivity contribution in [1.29, 1.82) is 0 Å². The van der Waals surface area contributed by atoms with Gasteiger partial charge in [0.25, 0.3) is 0 Å². The van der Waals surface area contributed by atoms with Crippen LogP contribution < -0.4 is 0 Å². The van der Waals surface area contributed by atoms with Crippen LogP contribution >= 0.6 is 0 Å². The zero-order valence-electron chi connectivity index (χ0n) is 12.9. The molecule has 0 rings (SSSR count). The summed E-state index contributed by atoms with van der Waals surface area (Å²) in [4.78, 5) is 0. The lowest BCUT2D eigenvalue weighted by atomic mass is 10.3. The molecule has 7 nitrogen and oxygen atoms in total. The molecule has 0 heterocycles. The van der Waals surface area contributed by atoms with Crippen molar-refractivity contribution >= 4 is 0 Å². The lowest BCUT2D eigenvalue weighted by molar-refractivity contribution is -0.0837. The van der Waals surface area contributed by atoms with Gasteiger partial charge in [-0.2, -0.15) is 0 Å². The summed E-state index contributed by atoms with van der Waals surface area (Å²) in [5, 5.41) is 9.42. The zero-order valence-corrected chi connectivity index (χ0v) is 12.9. The van der Waals surface area contributed by atoms with E-state index in [-0.39, 0.29) is 25.4 Å². The van der Waals surface area contributed by atoms with Crippen molar-refractivity contribution in [1.82, 2.24) is 0 Å². The highest BCUT2D eigenvalue weighted by molar-refractivity contribution is 4.59. The van der Waals surface area contributed by atoms with Crippen LogP contribution in [0.3, 0.4) is 0 Å². The molecule has 3 atom stereocenters. The minimum absolute atomic E-state index is 0.0954. The Morgan fingerprint density at radius 3 is 1.55 bits per heavy atom. The molecule has 0 aliphatic heterocycles. The van der Waals surface area contributed by atoms with E-state index >= 15 is 0 Å². The highest BCUT2D eigenvalue weighted by Gasteiger charge is 2.12. The minimum atomic E-state index is -0.627. The third kappa shape index (κ3) is 10.5. The van der Waals surface area contributed by atoms with Crippen LogP contribution in [0.5, 0.6) is 0 Å². The molecule has 0 spiro atoms. The van der Waals surface area contributed by atoms with E-state index in [4.69, 9.17) is 28.4 Å². The normalized spacial score (nSPS) is 16.1. The summed E-state index contributed by atoms with van der Waals surface area (Å²) in [5.41, 5.74) is 0. The first-order valence-electron chi connectivity index (χ1n) is 6.54. The Kier molecular flexibility index (Phi) is 13.5. The van der Waals surface area contributed by atoms with E-state index in [1.165, 1.54) is 7.11 Å². The average Bonchev–Trinajstić information content (AvgIpc) is 2.44. The molecule has 0 amide bonds. The first-order valence-corrected chi connectivity index (χ1v) is 6.54. The van der Waals surface area contributed by atoms with Gasteiger partial charge in [-0.15, -0.1) is 0 Å². The summed E-state index contributed by atoms with van der Waals surface area (Å²) < 4.78 is 31.0. The highest BCUT2D eigenvalue weighted by atomic mass is 16.6. The molecular weight excluding hydrogens is 268 g/mol. The van der Waals surface area contributed by atoms with Crippen LogP contribution in [0.25, 0.3) is 0 Å². The molecule has 0 aliphatic carbocycles. The number of methoxy groups -OCH3 is 4. The molecule has 0 aliphatic rings. The van der Waals surface area contributed by atoms with Crippen LogP contribution in [0.2, 0.25) is 0 Å². The fourth-order valence-corrected chi connectivity index (χ4v) is 1.46. The predicted molar refractivity (Wildman–Crippen MR) is 73.0 cm³/mol. The molecule has 1 N–H and O–H groups in total. The van der Waals surface area contributed by atoms with Crippen molar-refractivity contribution in [2.75, 3.05) is 68.1 Å². The Hall–Kier alpha value is -0.280. The summed E-state index contributed by atoms with van der Waals surface area (Å²) in [7, 11) is 6.34. The van der Waals surface area contributed by atoms with E-state index in [9.17, 15) is 5.11 Å². The summed E-state index contributed by atoms with van der Waals surface area (Å²) in [6.45, 7) is 2.10. The second kappa shape index (κ2) is 13.7. The van der Waals surface area contributed by atoms with Crippen molar-refractivity contribution in [3.63, 3.8) is 0 Å². The van der Waals surface area contributed by atoms with E-state index in [0.717, 1.165) is 0 Å². The minimum Gasteiger partial charge on any atom is -0.388 e. The Bertz CT molecular complexity index is 203. The molecule has 0 saturated heterocycles. The Morgan fingerprint density at radius 1 is 0.650 bits per heavy atom. The second-order valence-corrected chi connectivity index (χ2v) is 4.35. The van der Waals surface area contributed by atoms with Gasteiger partial charge >= 0.3 is 0 Å². The molecule has 20 heavy (non-hydrogen) atoms. The van der Waals surface area contributed by atoms with E-state index in [2.05, 4.69) is 0 Å². The second-order valence-electron chi connectivity index (χ2n) is 4.35. The van der Waals surface area contributed by atoms with E-state index in [0.29, 0.717) is 26.4 Å². The van der Waals surface area contributed by atoms with Gasteiger partial charge in [-0.1, -0.05) is 0 Å². The summed E-state index contributed by atoms with van der Waals surface area (Å²) >= 11 is 0. The van der Waals surface area contributed by atoms with Crippen LogP contribution in [0.4, 0.5) is 0 Å². The number of ether oxygens (including phenoxy) is 6. The van der Waals surface area contributed by atoms with Gasteiger partial charge in [0, 0.05) is 28.4 Å². The van der Waals surface area contributed by atoms with E-state index in [1.54, 1.807) is 21.3 Å². The van der Waals surface area contributed by atoms with Gasteiger partial charge in [0.2, 0.25) is 0 Å². The van der Waals surface area contributed by atoms with Gasteiger partial charge in [0.1, 0.15) is 18.3 Å². The molecule has 0 aromatic rings. The standard InChI is InChI=1S/C13H28O7/c1-15-5-11(14)6-19-9-13(18-4)10-20-8-12(17-3)7-16-2/h11-14H,5-10H2,1-4H3. The lowest BCUT2D eigenvalue weighted by Crippen LogP contribution is -2.31. The van der Waals surface area contributed by atoms with Crippen molar-refractivity contribution in [3.8, 4) is 0 Å². The van der Waals surface area contributed by atoms with E-state index < -0.39 is 6.10 Å². The van der Waals surface area contributed by atoms with Gasteiger partial charge < -0.3 is 33.5 Å². The van der Waals surface area contributed by atoms with Crippen molar-refractivity contribution < 1.29 is 33.5 Å². The quantitative estimate of drug-likeness (QED) is 0.472. The van der Waals surface area contributed by atoms with Crippen LogP contribution in [0.15, 0.2) is 0 Å². The smallest absolute Gasteiger partial charge is 0.104 e. The number of aliphatic hydroxyl groups is 1. The summed E-state index contributed by atoms with van der Waals surface area (Å²) in [5.74, 6) is 0. The Labute approximate surface area is 121 Å². The monoisotopic (exact) mass is 296 g/mol.